The van der Waals surface area contributed by atoms with Crippen molar-refractivity contribution in [1.82, 2.24) is 14.7 Å². The number of carboxylic acid groups (broad SMARTS) is 1. The number of imidazole rings is 1. The molecule has 3 rings (SSSR count). The first-order valence-electron chi connectivity index (χ1n) is 7.22. The van der Waals surface area contributed by atoms with E-state index in [-0.39, 0.29) is 18.2 Å². The van der Waals surface area contributed by atoms with Crippen LogP contribution in [0.3, 0.4) is 0 Å². The van der Waals surface area contributed by atoms with Crippen LogP contribution >= 0.6 is 0 Å². The molecule has 0 amide bonds. The van der Waals surface area contributed by atoms with Gasteiger partial charge in [-0.25, -0.2) is 9.78 Å². The molecule has 0 aliphatic carbocycles. The average Bonchev–Trinajstić information content (AvgIpc) is 3.20. The Morgan fingerprint density at radius 1 is 1.39 bits per heavy atom. The van der Waals surface area contributed by atoms with E-state index in [2.05, 4.69) is 10.3 Å². The summed E-state index contributed by atoms with van der Waals surface area (Å²) in [6.07, 6.45) is 7.13. The van der Waals surface area contributed by atoms with Gasteiger partial charge in [-0.05, 0) is 30.2 Å². The second kappa shape index (κ2) is 6.64. The van der Waals surface area contributed by atoms with Gasteiger partial charge in [-0.15, -0.1) is 0 Å². The molecular formula is C16H17N3O4. The zero-order valence-electron chi connectivity index (χ0n) is 12.3. The minimum absolute atomic E-state index is 0.0116. The highest BCUT2D eigenvalue weighted by atomic mass is 16.4. The Labute approximate surface area is 132 Å². The molecular weight excluding hydrogens is 298 g/mol. The van der Waals surface area contributed by atoms with Crippen molar-refractivity contribution in [3.63, 3.8) is 0 Å². The standard InChI is InChI=1S/C16H17N3O4/c20-9-13(5-11-3-4-23-10-11)17-6-14-7-18-15-2-1-12(16(21)22)8-19(14)15/h1-4,7-8,10,13,17,20H,5-6,9H2,(H,21,22). The Balaban J connectivity index is 1.73. The maximum absolute atomic E-state index is 11.1. The number of fused-ring (bicyclic) bond motifs is 1. The molecule has 23 heavy (non-hydrogen) atoms. The van der Waals surface area contributed by atoms with Crippen LogP contribution in [0.1, 0.15) is 21.6 Å². The molecule has 1 atom stereocenters. The van der Waals surface area contributed by atoms with Crippen LogP contribution in [0, 0.1) is 0 Å². The lowest BCUT2D eigenvalue weighted by molar-refractivity contribution is 0.0696. The van der Waals surface area contributed by atoms with Gasteiger partial charge in [0.15, 0.2) is 0 Å². The van der Waals surface area contributed by atoms with Crippen LogP contribution in [0.2, 0.25) is 0 Å². The molecule has 0 aliphatic rings. The molecule has 0 bridgehead atoms. The van der Waals surface area contributed by atoms with Gasteiger partial charge in [-0.2, -0.15) is 0 Å². The van der Waals surface area contributed by atoms with Gasteiger partial charge in [0.2, 0.25) is 0 Å². The van der Waals surface area contributed by atoms with Crippen molar-refractivity contribution in [1.29, 1.82) is 0 Å². The van der Waals surface area contributed by atoms with E-state index in [1.807, 2.05) is 6.07 Å². The number of hydrogen-bond donors (Lipinski definition) is 3. The van der Waals surface area contributed by atoms with Crippen LogP contribution in [0.5, 0.6) is 0 Å². The van der Waals surface area contributed by atoms with Gasteiger partial charge in [0, 0.05) is 18.8 Å². The van der Waals surface area contributed by atoms with Gasteiger partial charge >= 0.3 is 5.97 Å². The SMILES string of the molecule is O=C(O)c1ccc2ncc(CNC(CO)Cc3ccoc3)n2c1. The number of hydrogen-bond acceptors (Lipinski definition) is 5. The third-order valence-electron chi connectivity index (χ3n) is 3.68. The number of nitrogens with zero attached hydrogens (tertiary/aromatic N) is 2. The van der Waals surface area contributed by atoms with Gasteiger partial charge in [0.25, 0.3) is 0 Å². The van der Waals surface area contributed by atoms with E-state index in [1.165, 1.54) is 6.07 Å². The minimum Gasteiger partial charge on any atom is -0.478 e. The molecule has 3 aromatic rings. The number of carbonyl (C=O) groups is 1. The lowest BCUT2D eigenvalue weighted by atomic mass is 10.1. The van der Waals surface area contributed by atoms with Crippen LogP contribution in [0.15, 0.2) is 47.5 Å². The summed E-state index contributed by atoms with van der Waals surface area (Å²) in [6.45, 7) is 0.454. The highest BCUT2D eigenvalue weighted by molar-refractivity contribution is 5.87. The van der Waals surface area contributed by atoms with E-state index >= 15 is 0 Å². The van der Waals surface area contributed by atoms with Crippen LogP contribution in [0.25, 0.3) is 5.65 Å². The number of nitrogens with one attached hydrogen (secondary N) is 1. The molecule has 0 aromatic carbocycles. The van der Waals surface area contributed by atoms with Crippen molar-refractivity contribution in [3.8, 4) is 0 Å². The van der Waals surface area contributed by atoms with Gasteiger partial charge in [0.1, 0.15) is 5.65 Å². The summed E-state index contributed by atoms with van der Waals surface area (Å²) in [7, 11) is 0. The molecule has 120 valence electrons. The van der Waals surface area contributed by atoms with Crippen molar-refractivity contribution >= 4 is 11.6 Å². The van der Waals surface area contributed by atoms with Crippen molar-refractivity contribution < 1.29 is 19.4 Å². The molecule has 3 heterocycles. The maximum Gasteiger partial charge on any atom is 0.337 e. The number of aromatic nitrogens is 2. The highest BCUT2D eigenvalue weighted by Crippen LogP contribution is 2.10. The number of pyridine rings is 1. The molecule has 0 saturated heterocycles. The zero-order chi connectivity index (χ0) is 16.2. The minimum atomic E-state index is -0.979. The predicted molar refractivity (Wildman–Crippen MR) is 82.3 cm³/mol. The molecule has 0 saturated carbocycles. The van der Waals surface area contributed by atoms with E-state index in [4.69, 9.17) is 9.52 Å². The Morgan fingerprint density at radius 2 is 2.26 bits per heavy atom. The number of aliphatic hydroxyl groups is 1. The van der Waals surface area contributed by atoms with Crippen molar-refractivity contribution in [3.05, 3.63) is 59.9 Å². The maximum atomic E-state index is 11.1. The highest BCUT2D eigenvalue weighted by Gasteiger charge is 2.12. The number of rotatable bonds is 7. The molecule has 0 aliphatic heterocycles. The molecule has 1 unspecified atom stereocenters. The van der Waals surface area contributed by atoms with Crippen molar-refractivity contribution in [2.24, 2.45) is 0 Å². The molecule has 0 fully saturated rings. The molecule has 0 radical (unpaired) electrons. The summed E-state index contributed by atoms with van der Waals surface area (Å²) in [4.78, 5) is 15.3. The van der Waals surface area contributed by atoms with E-state index in [1.54, 1.807) is 35.4 Å². The van der Waals surface area contributed by atoms with E-state index in [0.717, 1.165) is 11.3 Å². The normalized spacial score (nSPS) is 12.6. The smallest absolute Gasteiger partial charge is 0.337 e. The van der Waals surface area contributed by atoms with Gasteiger partial charge in [-0.1, -0.05) is 0 Å². The van der Waals surface area contributed by atoms with Gasteiger partial charge in [-0.3, -0.25) is 0 Å². The van der Waals surface area contributed by atoms with E-state index in [0.29, 0.717) is 18.6 Å². The number of aliphatic hydroxyl groups excluding tert-OH is 1. The van der Waals surface area contributed by atoms with Crippen LogP contribution in [-0.2, 0) is 13.0 Å². The summed E-state index contributed by atoms with van der Waals surface area (Å²) in [5.74, 6) is -0.979. The van der Waals surface area contributed by atoms with E-state index < -0.39 is 5.97 Å². The molecule has 7 heteroatoms. The topological polar surface area (TPSA) is 100 Å². The number of aromatic carboxylic acids is 1. The first kappa shape index (κ1) is 15.3. The third kappa shape index (κ3) is 3.41. The van der Waals surface area contributed by atoms with Crippen LogP contribution in [0.4, 0.5) is 0 Å². The number of furan rings is 1. The zero-order valence-corrected chi connectivity index (χ0v) is 12.3. The fourth-order valence-electron chi connectivity index (χ4n) is 2.43. The monoisotopic (exact) mass is 315 g/mol. The lowest BCUT2D eigenvalue weighted by Crippen LogP contribution is -2.34. The first-order valence-corrected chi connectivity index (χ1v) is 7.22. The van der Waals surface area contributed by atoms with E-state index in [9.17, 15) is 9.90 Å². The average molecular weight is 315 g/mol. The first-order chi connectivity index (χ1) is 11.2. The van der Waals surface area contributed by atoms with Crippen LogP contribution in [-0.4, -0.2) is 38.2 Å². The number of carboxylic acids is 1. The molecule has 0 spiro atoms. The Hall–Kier alpha value is -2.64. The fraction of sp³-hybridized carbons (Fsp3) is 0.250. The van der Waals surface area contributed by atoms with Gasteiger partial charge < -0.3 is 24.3 Å². The van der Waals surface area contributed by atoms with Gasteiger partial charge in [0.05, 0.1) is 36.6 Å². The lowest BCUT2D eigenvalue weighted by Gasteiger charge is -2.15. The third-order valence-corrected chi connectivity index (χ3v) is 3.68. The quantitative estimate of drug-likeness (QED) is 0.608. The summed E-state index contributed by atoms with van der Waals surface area (Å²) in [5.41, 5.74) is 2.72. The van der Waals surface area contributed by atoms with Crippen molar-refractivity contribution in [2.75, 3.05) is 6.61 Å². The Kier molecular flexibility index (Phi) is 4.40. The second-order valence-corrected chi connectivity index (χ2v) is 5.30. The predicted octanol–water partition coefficient (Wildman–Crippen LogP) is 1.32. The fourth-order valence-corrected chi connectivity index (χ4v) is 2.43. The summed E-state index contributed by atoms with van der Waals surface area (Å²) in [5, 5.41) is 21.8. The largest absolute Gasteiger partial charge is 0.478 e. The molecule has 3 aromatic heterocycles. The summed E-state index contributed by atoms with van der Waals surface area (Å²) >= 11 is 0. The summed E-state index contributed by atoms with van der Waals surface area (Å²) < 4.78 is 6.76. The van der Waals surface area contributed by atoms with Crippen molar-refractivity contribution in [2.45, 2.75) is 19.0 Å². The Morgan fingerprint density at radius 3 is 2.96 bits per heavy atom. The second-order valence-electron chi connectivity index (χ2n) is 5.30. The Bertz CT molecular complexity index is 795. The molecule has 3 N–H and O–H groups in total. The summed E-state index contributed by atoms with van der Waals surface area (Å²) in [6, 6.07) is 4.93. The van der Waals surface area contributed by atoms with Crippen LogP contribution < -0.4 is 5.32 Å². The molecule has 7 nitrogen and oxygen atoms in total.